The molecule has 128 valence electrons. The molecule has 0 bridgehead atoms. The SMILES string of the molecule is CC(C)(C)CN1CCC[C@](O)(CN2CCc3[nH]ncc3C2)C1=O. The number of hydrogen-bond acceptors (Lipinski definition) is 4. The molecule has 1 fully saturated rings. The van der Waals surface area contributed by atoms with Crippen molar-refractivity contribution in [2.45, 2.75) is 52.2 Å². The number of nitrogens with zero attached hydrogens (tertiary/aromatic N) is 3. The Labute approximate surface area is 137 Å². The van der Waals surface area contributed by atoms with Gasteiger partial charge in [0.15, 0.2) is 5.60 Å². The Morgan fingerprint density at radius 2 is 2.17 bits per heavy atom. The van der Waals surface area contributed by atoms with Crippen LogP contribution >= 0.6 is 0 Å². The van der Waals surface area contributed by atoms with Crippen LogP contribution in [-0.2, 0) is 17.8 Å². The van der Waals surface area contributed by atoms with Gasteiger partial charge in [0.05, 0.1) is 6.20 Å². The van der Waals surface area contributed by atoms with Gasteiger partial charge in [0, 0.05) is 50.4 Å². The number of rotatable bonds is 3. The number of aliphatic hydroxyl groups is 1. The molecule has 0 spiro atoms. The molecule has 2 aliphatic heterocycles. The number of piperidine rings is 1. The van der Waals surface area contributed by atoms with E-state index in [1.165, 1.54) is 11.3 Å². The van der Waals surface area contributed by atoms with Crippen LogP contribution < -0.4 is 0 Å². The second kappa shape index (κ2) is 5.91. The van der Waals surface area contributed by atoms with Gasteiger partial charge in [-0.3, -0.25) is 14.8 Å². The highest BCUT2D eigenvalue weighted by Crippen LogP contribution is 2.28. The standard InChI is InChI=1S/C17H28N4O2/c1-16(2,3)11-21-7-4-6-17(23,15(21)22)12-20-8-5-14-13(10-20)9-18-19-14/h9,23H,4-8,10-12H2,1-3H3,(H,18,19)/t17-/m0/s1. The maximum atomic E-state index is 12.8. The van der Waals surface area contributed by atoms with Gasteiger partial charge in [-0.05, 0) is 18.3 Å². The van der Waals surface area contributed by atoms with Crippen LogP contribution in [0.3, 0.4) is 0 Å². The lowest BCUT2D eigenvalue weighted by atomic mass is 9.88. The number of hydrogen-bond donors (Lipinski definition) is 2. The van der Waals surface area contributed by atoms with Crippen LogP contribution in [0.2, 0.25) is 0 Å². The fraction of sp³-hybridized carbons (Fsp3) is 0.765. The first kappa shape index (κ1) is 16.5. The zero-order valence-electron chi connectivity index (χ0n) is 14.4. The van der Waals surface area contributed by atoms with Crippen LogP contribution in [0.4, 0.5) is 0 Å². The third-order valence-corrected chi connectivity index (χ3v) is 4.73. The molecule has 2 N–H and O–H groups in total. The van der Waals surface area contributed by atoms with Crippen molar-refractivity contribution in [3.05, 3.63) is 17.5 Å². The van der Waals surface area contributed by atoms with Crippen LogP contribution in [0.5, 0.6) is 0 Å². The topological polar surface area (TPSA) is 72.5 Å². The zero-order chi connectivity index (χ0) is 16.7. The molecule has 1 atom stereocenters. The molecule has 3 heterocycles. The lowest BCUT2D eigenvalue weighted by molar-refractivity contribution is -0.161. The Kier molecular flexibility index (Phi) is 4.23. The maximum Gasteiger partial charge on any atom is 0.255 e. The summed E-state index contributed by atoms with van der Waals surface area (Å²) in [5, 5.41) is 18.1. The van der Waals surface area contributed by atoms with Gasteiger partial charge in [-0.25, -0.2) is 0 Å². The highest BCUT2D eigenvalue weighted by Gasteiger charge is 2.44. The smallest absolute Gasteiger partial charge is 0.255 e. The lowest BCUT2D eigenvalue weighted by Gasteiger charge is -2.43. The van der Waals surface area contributed by atoms with E-state index in [1.807, 2.05) is 11.1 Å². The minimum atomic E-state index is -1.25. The Bertz CT molecular complexity index is 577. The fourth-order valence-electron chi connectivity index (χ4n) is 3.72. The number of likely N-dealkylation sites (tertiary alicyclic amines) is 1. The number of carbonyl (C=O) groups excluding carboxylic acids is 1. The highest BCUT2D eigenvalue weighted by atomic mass is 16.3. The Hall–Kier alpha value is -1.40. The van der Waals surface area contributed by atoms with E-state index in [0.29, 0.717) is 19.5 Å². The molecule has 0 radical (unpaired) electrons. The molecule has 0 unspecified atom stereocenters. The predicted octanol–water partition coefficient (Wildman–Crippen LogP) is 1.17. The summed E-state index contributed by atoms with van der Waals surface area (Å²) in [4.78, 5) is 16.8. The average molecular weight is 320 g/mol. The molecule has 0 saturated carbocycles. The summed E-state index contributed by atoms with van der Waals surface area (Å²) in [7, 11) is 0. The zero-order valence-corrected chi connectivity index (χ0v) is 14.4. The number of fused-ring (bicyclic) bond motifs is 1. The number of aromatic nitrogens is 2. The largest absolute Gasteiger partial charge is 0.379 e. The molecular weight excluding hydrogens is 292 g/mol. The summed E-state index contributed by atoms with van der Waals surface area (Å²) in [5.74, 6) is -0.100. The van der Waals surface area contributed by atoms with Crippen molar-refractivity contribution in [3.8, 4) is 0 Å². The van der Waals surface area contributed by atoms with Gasteiger partial charge in [-0.15, -0.1) is 0 Å². The van der Waals surface area contributed by atoms with E-state index in [1.54, 1.807) is 0 Å². The summed E-state index contributed by atoms with van der Waals surface area (Å²) in [5.41, 5.74) is 1.15. The fourth-order valence-corrected chi connectivity index (χ4v) is 3.72. The average Bonchev–Trinajstić information content (AvgIpc) is 2.90. The first-order valence-electron chi connectivity index (χ1n) is 8.52. The summed E-state index contributed by atoms with van der Waals surface area (Å²) >= 11 is 0. The number of carbonyl (C=O) groups is 1. The molecule has 3 rings (SSSR count). The minimum Gasteiger partial charge on any atom is -0.379 e. The quantitative estimate of drug-likeness (QED) is 0.877. The van der Waals surface area contributed by atoms with Gasteiger partial charge in [-0.1, -0.05) is 20.8 Å². The van der Waals surface area contributed by atoms with Crippen molar-refractivity contribution in [1.82, 2.24) is 20.0 Å². The Balaban J connectivity index is 1.67. The summed E-state index contributed by atoms with van der Waals surface area (Å²) in [6.07, 6.45) is 4.16. The van der Waals surface area contributed by atoms with Gasteiger partial charge in [0.25, 0.3) is 5.91 Å². The molecular formula is C17H28N4O2. The van der Waals surface area contributed by atoms with E-state index >= 15 is 0 Å². The van der Waals surface area contributed by atoms with Crippen molar-refractivity contribution in [2.24, 2.45) is 5.41 Å². The molecule has 6 heteroatoms. The molecule has 0 aromatic carbocycles. The molecule has 1 amide bonds. The maximum absolute atomic E-state index is 12.8. The number of nitrogens with one attached hydrogen (secondary N) is 1. The van der Waals surface area contributed by atoms with Crippen LogP contribution in [0.25, 0.3) is 0 Å². The van der Waals surface area contributed by atoms with Crippen LogP contribution in [0.15, 0.2) is 6.20 Å². The molecule has 0 aliphatic carbocycles. The first-order valence-corrected chi connectivity index (χ1v) is 8.52. The van der Waals surface area contributed by atoms with Crippen molar-refractivity contribution >= 4 is 5.91 Å². The minimum absolute atomic E-state index is 0.0464. The predicted molar refractivity (Wildman–Crippen MR) is 87.8 cm³/mol. The highest BCUT2D eigenvalue weighted by molar-refractivity contribution is 5.86. The van der Waals surface area contributed by atoms with Gasteiger partial charge < -0.3 is 10.0 Å². The van der Waals surface area contributed by atoms with E-state index in [9.17, 15) is 9.90 Å². The molecule has 1 aromatic rings. The first-order chi connectivity index (χ1) is 10.8. The van der Waals surface area contributed by atoms with Crippen molar-refractivity contribution in [1.29, 1.82) is 0 Å². The normalized spacial score (nSPS) is 26.4. The van der Waals surface area contributed by atoms with Gasteiger partial charge in [0.2, 0.25) is 0 Å². The molecule has 1 saturated heterocycles. The van der Waals surface area contributed by atoms with Crippen LogP contribution in [-0.4, -0.2) is 62.8 Å². The van der Waals surface area contributed by atoms with E-state index in [4.69, 9.17) is 0 Å². The van der Waals surface area contributed by atoms with Crippen LogP contribution in [0, 0.1) is 5.41 Å². The Morgan fingerprint density at radius 3 is 2.91 bits per heavy atom. The monoisotopic (exact) mass is 320 g/mol. The lowest BCUT2D eigenvalue weighted by Crippen LogP contribution is -2.60. The van der Waals surface area contributed by atoms with Gasteiger partial charge >= 0.3 is 0 Å². The second-order valence-corrected chi connectivity index (χ2v) is 8.26. The summed E-state index contributed by atoms with van der Waals surface area (Å²) < 4.78 is 0. The summed E-state index contributed by atoms with van der Waals surface area (Å²) in [6.45, 7) is 9.84. The second-order valence-electron chi connectivity index (χ2n) is 8.26. The van der Waals surface area contributed by atoms with E-state index in [2.05, 4.69) is 35.9 Å². The molecule has 23 heavy (non-hydrogen) atoms. The number of amides is 1. The molecule has 1 aromatic heterocycles. The van der Waals surface area contributed by atoms with Crippen molar-refractivity contribution in [3.63, 3.8) is 0 Å². The third kappa shape index (κ3) is 3.58. The van der Waals surface area contributed by atoms with E-state index in [-0.39, 0.29) is 11.3 Å². The summed E-state index contributed by atoms with van der Waals surface area (Å²) in [6, 6.07) is 0. The van der Waals surface area contributed by atoms with Crippen LogP contribution in [0.1, 0.15) is 44.9 Å². The molecule has 6 nitrogen and oxygen atoms in total. The molecule has 2 aliphatic rings. The van der Waals surface area contributed by atoms with Gasteiger partial charge in [0.1, 0.15) is 0 Å². The number of β-amino-alcohol motifs (C(OH)–C–C–N with tert-alkyl or cyclic N) is 1. The van der Waals surface area contributed by atoms with E-state index < -0.39 is 5.60 Å². The number of H-pyrrole nitrogens is 1. The third-order valence-electron chi connectivity index (χ3n) is 4.73. The van der Waals surface area contributed by atoms with Crippen molar-refractivity contribution in [2.75, 3.05) is 26.2 Å². The van der Waals surface area contributed by atoms with Crippen molar-refractivity contribution < 1.29 is 9.90 Å². The number of aromatic amines is 1. The van der Waals surface area contributed by atoms with Gasteiger partial charge in [-0.2, -0.15) is 5.10 Å². The Morgan fingerprint density at radius 1 is 1.39 bits per heavy atom. The van der Waals surface area contributed by atoms with E-state index in [0.717, 1.165) is 32.5 Å².